The number of hydrogen-bond acceptors (Lipinski definition) is 8. The van der Waals surface area contributed by atoms with Crippen molar-refractivity contribution in [2.45, 2.75) is 23.2 Å². The van der Waals surface area contributed by atoms with E-state index in [4.69, 9.17) is 9.63 Å². The largest absolute Gasteiger partial charge is 0.477 e. The summed E-state index contributed by atoms with van der Waals surface area (Å²) in [6.45, 7) is 3.47. The lowest BCUT2D eigenvalue weighted by atomic mass is 10.3. The molecule has 0 bridgehead atoms. The van der Waals surface area contributed by atoms with E-state index in [-0.39, 0.29) is 4.88 Å². The number of thiazole rings is 1. The fourth-order valence-corrected chi connectivity index (χ4v) is 3.74. The third-order valence-corrected chi connectivity index (χ3v) is 4.77. The zero-order chi connectivity index (χ0) is 14.3. The number of carboxylic acid groups (broad SMARTS) is 1. The minimum Gasteiger partial charge on any atom is -0.477 e. The fourth-order valence-electron chi connectivity index (χ4n) is 1.66. The van der Waals surface area contributed by atoms with Crippen molar-refractivity contribution in [2.75, 3.05) is 0 Å². The second-order valence-electron chi connectivity index (χ2n) is 3.93. The maximum atomic E-state index is 11.0. The fraction of sp³-hybridized carbons (Fsp3) is 0.182. The van der Waals surface area contributed by atoms with Crippen molar-refractivity contribution >= 4 is 40.2 Å². The van der Waals surface area contributed by atoms with Crippen molar-refractivity contribution in [1.82, 2.24) is 20.1 Å². The SMILES string of the molecule is Cc1nc(Sc2ncnc3onc(C)c23)sc1C(=O)O. The average Bonchev–Trinajstić information content (AvgIpc) is 2.94. The predicted molar refractivity (Wildman–Crippen MR) is 72.3 cm³/mol. The first-order valence-electron chi connectivity index (χ1n) is 5.52. The predicted octanol–water partition coefficient (Wildman–Crippen LogP) is 2.54. The number of hydrogen-bond donors (Lipinski definition) is 1. The van der Waals surface area contributed by atoms with E-state index in [1.807, 2.05) is 0 Å². The van der Waals surface area contributed by atoms with Gasteiger partial charge >= 0.3 is 5.97 Å². The molecule has 0 saturated carbocycles. The van der Waals surface area contributed by atoms with Gasteiger partial charge < -0.3 is 9.63 Å². The summed E-state index contributed by atoms with van der Waals surface area (Å²) < 4.78 is 5.68. The quantitative estimate of drug-likeness (QED) is 0.736. The summed E-state index contributed by atoms with van der Waals surface area (Å²) in [7, 11) is 0. The van der Waals surface area contributed by atoms with Crippen molar-refractivity contribution < 1.29 is 14.4 Å². The van der Waals surface area contributed by atoms with Crippen LogP contribution in [0.4, 0.5) is 0 Å². The molecule has 3 aromatic rings. The monoisotopic (exact) mass is 308 g/mol. The van der Waals surface area contributed by atoms with Gasteiger partial charge in [-0.2, -0.15) is 4.98 Å². The Morgan fingerprint density at radius 1 is 1.35 bits per heavy atom. The standard InChI is InChI=1S/C11H8N4O3S2/c1-4-6-8(18-15-4)12-3-13-9(6)20-11-14-5(2)7(19-11)10(16)17/h3H,1-2H3,(H,16,17). The number of fused-ring (bicyclic) bond motifs is 1. The van der Waals surface area contributed by atoms with Gasteiger partial charge in [0.1, 0.15) is 16.2 Å². The summed E-state index contributed by atoms with van der Waals surface area (Å²) in [5.74, 6) is -0.971. The van der Waals surface area contributed by atoms with Gasteiger partial charge in [0.05, 0.1) is 16.8 Å². The molecule has 0 aromatic carbocycles. The highest BCUT2D eigenvalue weighted by Crippen LogP contribution is 2.35. The molecule has 0 spiro atoms. The maximum Gasteiger partial charge on any atom is 0.347 e. The Labute approximate surface area is 121 Å². The Kier molecular flexibility index (Phi) is 3.14. The van der Waals surface area contributed by atoms with Gasteiger partial charge in [-0.1, -0.05) is 16.5 Å². The number of carbonyl (C=O) groups is 1. The van der Waals surface area contributed by atoms with Crippen LogP contribution < -0.4 is 0 Å². The van der Waals surface area contributed by atoms with Gasteiger partial charge in [0.25, 0.3) is 5.71 Å². The van der Waals surface area contributed by atoms with Crippen molar-refractivity contribution in [2.24, 2.45) is 0 Å². The first-order chi connectivity index (χ1) is 9.56. The minimum absolute atomic E-state index is 0.236. The van der Waals surface area contributed by atoms with Gasteiger partial charge in [-0.25, -0.2) is 14.8 Å². The Balaban J connectivity index is 2.03. The summed E-state index contributed by atoms with van der Waals surface area (Å²) >= 11 is 2.40. The van der Waals surface area contributed by atoms with Crippen molar-refractivity contribution in [3.63, 3.8) is 0 Å². The molecule has 0 aliphatic heterocycles. The topological polar surface area (TPSA) is 102 Å². The van der Waals surface area contributed by atoms with Gasteiger partial charge in [-0.3, -0.25) is 0 Å². The number of carboxylic acids is 1. The van der Waals surface area contributed by atoms with Gasteiger partial charge in [0, 0.05) is 0 Å². The number of aromatic carboxylic acids is 1. The zero-order valence-corrected chi connectivity index (χ0v) is 12.1. The van der Waals surface area contributed by atoms with E-state index >= 15 is 0 Å². The van der Waals surface area contributed by atoms with Crippen LogP contribution in [0.1, 0.15) is 21.1 Å². The minimum atomic E-state index is -0.971. The van der Waals surface area contributed by atoms with Crippen LogP contribution in [0.25, 0.3) is 11.1 Å². The molecule has 3 rings (SSSR count). The summed E-state index contributed by atoms with van der Waals surface area (Å²) in [6.07, 6.45) is 1.38. The van der Waals surface area contributed by atoms with Crippen LogP contribution in [0.5, 0.6) is 0 Å². The van der Waals surface area contributed by atoms with Gasteiger partial charge in [0.2, 0.25) is 0 Å². The molecule has 0 radical (unpaired) electrons. The Morgan fingerprint density at radius 2 is 2.15 bits per heavy atom. The third kappa shape index (κ3) is 2.14. The van der Waals surface area contributed by atoms with Crippen LogP contribution in [-0.4, -0.2) is 31.2 Å². The van der Waals surface area contributed by atoms with E-state index in [0.29, 0.717) is 26.5 Å². The lowest BCUT2D eigenvalue weighted by molar-refractivity contribution is 0.0701. The number of aromatic nitrogens is 4. The first-order valence-corrected chi connectivity index (χ1v) is 7.15. The van der Waals surface area contributed by atoms with E-state index in [1.165, 1.54) is 18.1 Å². The van der Waals surface area contributed by atoms with Crippen LogP contribution in [0.2, 0.25) is 0 Å². The molecule has 20 heavy (non-hydrogen) atoms. The van der Waals surface area contributed by atoms with Crippen LogP contribution in [0, 0.1) is 13.8 Å². The highest BCUT2D eigenvalue weighted by atomic mass is 32.2. The normalized spacial score (nSPS) is 11.1. The zero-order valence-electron chi connectivity index (χ0n) is 10.4. The van der Waals surface area contributed by atoms with E-state index in [9.17, 15) is 4.79 Å². The molecule has 0 saturated heterocycles. The third-order valence-electron chi connectivity index (χ3n) is 2.56. The molecule has 102 valence electrons. The Morgan fingerprint density at radius 3 is 2.85 bits per heavy atom. The van der Waals surface area contributed by atoms with E-state index in [1.54, 1.807) is 13.8 Å². The molecule has 3 aromatic heterocycles. The van der Waals surface area contributed by atoms with Gasteiger partial charge in [-0.05, 0) is 25.6 Å². The second-order valence-corrected chi connectivity index (χ2v) is 6.16. The summed E-state index contributed by atoms with van der Waals surface area (Å²) in [6, 6.07) is 0. The molecule has 0 aliphatic carbocycles. The van der Waals surface area contributed by atoms with E-state index in [0.717, 1.165) is 16.7 Å². The second kappa shape index (κ2) is 4.84. The van der Waals surface area contributed by atoms with Crippen molar-refractivity contribution in [3.05, 3.63) is 22.6 Å². The van der Waals surface area contributed by atoms with Gasteiger partial charge in [-0.15, -0.1) is 0 Å². The van der Waals surface area contributed by atoms with Crippen LogP contribution in [0.15, 0.2) is 20.2 Å². The summed E-state index contributed by atoms with van der Waals surface area (Å²) in [5.41, 5.74) is 1.60. The maximum absolute atomic E-state index is 11.0. The molecule has 1 N–H and O–H groups in total. The molecule has 0 fully saturated rings. The molecular formula is C11H8N4O3S2. The molecule has 0 unspecified atom stereocenters. The lowest BCUT2D eigenvalue weighted by Gasteiger charge is -1.97. The molecule has 0 aliphatic rings. The average molecular weight is 308 g/mol. The smallest absolute Gasteiger partial charge is 0.347 e. The molecule has 3 heterocycles. The lowest BCUT2D eigenvalue weighted by Crippen LogP contribution is -1.94. The van der Waals surface area contributed by atoms with Crippen LogP contribution in [-0.2, 0) is 0 Å². The number of aryl methyl sites for hydroxylation is 2. The summed E-state index contributed by atoms with van der Waals surface area (Å²) in [4.78, 5) is 23.7. The Hall–Kier alpha value is -2.00. The number of nitrogens with zero attached hydrogens (tertiary/aromatic N) is 4. The molecular weight excluding hydrogens is 300 g/mol. The molecule has 0 atom stereocenters. The Bertz CT molecular complexity index is 811. The first kappa shape index (κ1) is 13.0. The van der Waals surface area contributed by atoms with Crippen molar-refractivity contribution in [1.29, 1.82) is 0 Å². The molecule has 7 nitrogen and oxygen atoms in total. The highest BCUT2D eigenvalue weighted by Gasteiger charge is 2.18. The van der Waals surface area contributed by atoms with E-state index in [2.05, 4.69) is 20.1 Å². The number of rotatable bonds is 3. The summed E-state index contributed by atoms with van der Waals surface area (Å²) in [5, 5.41) is 14.3. The molecule has 0 amide bonds. The molecule has 9 heteroatoms. The van der Waals surface area contributed by atoms with Gasteiger partial charge in [0.15, 0.2) is 4.34 Å². The van der Waals surface area contributed by atoms with Crippen molar-refractivity contribution in [3.8, 4) is 0 Å². The van der Waals surface area contributed by atoms with Crippen LogP contribution >= 0.6 is 23.1 Å². The highest BCUT2D eigenvalue weighted by molar-refractivity contribution is 8.01. The van der Waals surface area contributed by atoms with E-state index < -0.39 is 5.97 Å². The van der Waals surface area contributed by atoms with Crippen LogP contribution in [0.3, 0.4) is 0 Å².